The predicted molar refractivity (Wildman–Crippen MR) is 68.8 cm³/mol. The van der Waals surface area contributed by atoms with E-state index in [4.69, 9.17) is 11.6 Å². The van der Waals surface area contributed by atoms with E-state index in [9.17, 15) is 0 Å². The Morgan fingerprint density at radius 3 is 2.40 bits per heavy atom. The molecule has 1 aromatic heterocycles. The van der Waals surface area contributed by atoms with Gasteiger partial charge in [0.05, 0.1) is 16.4 Å². The van der Waals surface area contributed by atoms with Crippen LogP contribution in [0.25, 0.3) is 0 Å². The molecule has 0 aliphatic heterocycles. The lowest BCUT2D eigenvalue weighted by atomic mass is 9.93. The van der Waals surface area contributed by atoms with Crippen LogP contribution < -0.4 is 0 Å². The second kappa shape index (κ2) is 5.35. The summed E-state index contributed by atoms with van der Waals surface area (Å²) in [6.07, 6.45) is 0.985. The Bertz CT molecular complexity index is 334. The minimum Gasteiger partial charge on any atom is -0.271 e. The fraction of sp³-hybridized carbons (Fsp3) is 0.727. The molecule has 1 atom stereocenters. The van der Waals surface area contributed by atoms with E-state index in [2.05, 4.69) is 34.9 Å². The van der Waals surface area contributed by atoms with Gasteiger partial charge in [0.15, 0.2) is 0 Å². The number of hydrogen-bond acceptors (Lipinski definition) is 1. The first-order chi connectivity index (χ1) is 6.97. The van der Waals surface area contributed by atoms with Gasteiger partial charge in [-0.25, -0.2) is 0 Å². The lowest BCUT2D eigenvalue weighted by Gasteiger charge is -2.18. The summed E-state index contributed by atoms with van der Waals surface area (Å²) in [6, 6.07) is 0. The molecule has 0 aromatic carbocycles. The molecule has 1 unspecified atom stereocenters. The molecule has 2 nitrogen and oxygen atoms in total. The second-order valence-electron chi connectivity index (χ2n) is 4.33. The molecule has 0 amide bonds. The Kier molecular flexibility index (Phi) is 4.65. The van der Waals surface area contributed by atoms with Gasteiger partial charge in [-0.3, -0.25) is 4.68 Å². The summed E-state index contributed by atoms with van der Waals surface area (Å²) in [5.74, 6) is 1.26. The number of nitrogens with zero attached hydrogens (tertiary/aromatic N) is 2. The largest absolute Gasteiger partial charge is 0.271 e. The minimum absolute atomic E-state index is 0.609. The van der Waals surface area contributed by atoms with Crippen LogP contribution in [0.15, 0.2) is 0 Å². The first-order valence-corrected chi connectivity index (χ1v) is 6.71. The molecule has 0 bridgehead atoms. The van der Waals surface area contributed by atoms with Gasteiger partial charge >= 0.3 is 0 Å². The zero-order valence-corrected chi connectivity index (χ0v) is 12.1. The number of hydrogen-bond donors (Lipinski definition) is 0. The molecule has 0 N–H and O–H groups in total. The fourth-order valence-electron chi connectivity index (χ4n) is 1.62. The van der Waals surface area contributed by atoms with E-state index < -0.39 is 0 Å². The molecule has 0 radical (unpaired) electrons. The average Bonchev–Trinajstić information content (AvgIpc) is 2.39. The molecule has 1 rings (SSSR count). The van der Waals surface area contributed by atoms with E-state index in [-0.39, 0.29) is 0 Å². The molecule has 0 spiro atoms. The Morgan fingerprint density at radius 2 is 2.07 bits per heavy atom. The third-order valence-corrected chi connectivity index (χ3v) is 4.18. The molecule has 4 heteroatoms. The molecular formula is C11H18BrClN2. The molecule has 1 heterocycles. The third-order valence-electron chi connectivity index (χ3n) is 2.86. The monoisotopic (exact) mass is 292 g/mol. The van der Waals surface area contributed by atoms with Crippen LogP contribution in [0.3, 0.4) is 0 Å². The highest BCUT2D eigenvalue weighted by Crippen LogP contribution is 2.26. The molecule has 0 fully saturated rings. The average molecular weight is 294 g/mol. The number of aryl methyl sites for hydroxylation is 2. The molecule has 1 aromatic rings. The van der Waals surface area contributed by atoms with Gasteiger partial charge in [-0.2, -0.15) is 5.10 Å². The molecule has 86 valence electrons. The molecule has 0 saturated heterocycles. The second-order valence-corrected chi connectivity index (χ2v) is 5.36. The first kappa shape index (κ1) is 13.0. The summed E-state index contributed by atoms with van der Waals surface area (Å²) in [7, 11) is 1.96. The minimum atomic E-state index is 0.609. The molecule has 0 saturated carbocycles. The van der Waals surface area contributed by atoms with Gasteiger partial charge in [-0.15, -0.1) is 0 Å². The summed E-state index contributed by atoms with van der Waals surface area (Å²) >= 11 is 9.78. The lowest BCUT2D eigenvalue weighted by Crippen LogP contribution is -2.15. The quantitative estimate of drug-likeness (QED) is 0.776. The van der Waals surface area contributed by atoms with Crippen molar-refractivity contribution in [2.45, 2.75) is 27.2 Å². The highest BCUT2D eigenvalue weighted by atomic mass is 79.9. The van der Waals surface area contributed by atoms with Gasteiger partial charge in [0, 0.05) is 12.4 Å². The fourth-order valence-corrected chi connectivity index (χ4v) is 2.83. The number of rotatable bonds is 4. The highest BCUT2D eigenvalue weighted by Gasteiger charge is 2.18. The summed E-state index contributed by atoms with van der Waals surface area (Å²) in [4.78, 5) is 0. The van der Waals surface area contributed by atoms with Crippen molar-refractivity contribution in [3.8, 4) is 0 Å². The SMILES string of the molecule is Cc1nn(C)c(CC(CBr)C(C)C)c1Cl. The molecule has 0 aliphatic rings. The van der Waals surface area contributed by atoms with Crippen molar-refractivity contribution in [3.63, 3.8) is 0 Å². The van der Waals surface area contributed by atoms with Crippen LogP contribution in [-0.2, 0) is 13.5 Å². The van der Waals surface area contributed by atoms with Crippen LogP contribution in [0.5, 0.6) is 0 Å². The van der Waals surface area contributed by atoms with E-state index in [0.29, 0.717) is 11.8 Å². The van der Waals surface area contributed by atoms with Gasteiger partial charge in [-0.05, 0) is 25.2 Å². The zero-order valence-electron chi connectivity index (χ0n) is 9.72. The topological polar surface area (TPSA) is 17.8 Å². The van der Waals surface area contributed by atoms with Crippen LogP contribution >= 0.6 is 27.5 Å². The van der Waals surface area contributed by atoms with Gasteiger partial charge < -0.3 is 0 Å². The van der Waals surface area contributed by atoms with Crippen molar-refractivity contribution in [3.05, 3.63) is 16.4 Å². The Hall–Kier alpha value is -0.0200. The summed E-state index contributed by atoms with van der Waals surface area (Å²) in [5, 5.41) is 6.16. The van der Waals surface area contributed by atoms with Crippen LogP contribution in [-0.4, -0.2) is 15.1 Å². The lowest BCUT2D eigenvalue weighted by molar-refractivity contribution is 0.416. The van der Waals surface area contributed by atoms with Gasteiger partial charge in [0.1, 0.15) is 0 Å². The maximum atomic E-state index is 6.22. The van der Waals surface area contributed by atoms with Crippen molar-refractivity contribution in [2.75, 3.05) is 5.33 Å². The predicted octanol–water partition coefficient (Wildman–Crippen LogP) is 3.59. The molecule has 0 aliphatic carbocycles. The maximum absolute atomic E-state index is 6.22. The van der Waals surface area contributed by atoms with Crippen LogP contribution in [0.4, 0.5) is 0 Å². The highest BCUT2D eigenvalue weighted by molar-refractivity contribution is 9.09. The van der Waals surface area contributed by atoms with E-state index in [0.717, 1.165) is 28.2 Å². The number of halogens is 2. The van der Waals surface area contributed by atoms with Crippen molar-refractivity contribution in [1.82, 2.24) is 9.78 Å². The van der Waals surface area contributed by atoms with E-state index in [1.165, 1.54) is 0 Å². The van der Waals surface area contributed by atoms with Crippen molar-refractivity contribution in [2.24, 2.45) is 18.9 Å². The third kappa shape index (κ3) is 2.97. The number of alkyl halides is 1. The standard InChI is InChI=1S/C11H18BrClN2/c1-7(2)9(6-12)5-10-11(13)8(3)14-15(10)4/h7,9H,5-6H2,1-4H3. The first-order valence-electron chi connectivity index (χ1n) is 5.21. The van der Waals surface area contributed by atoms with E-state index in [1.54, 1.807) is 0 Å². The van der Waals surface area contributed by atoms with Gasteiger partial charge in [0.2, 0.25) is 0 Å². The van der Waals surface area contributed by atoms with Crippen LogP contribution in [0.2, 0.25) is 5.02 Å². The molecule has 15 heavy (non-hydrogen) atoms. The van der Waals surface area contributed by atoms with E-state index >= 15 is 0 Å². The maximum Gasteiger partial charge on any atom is 0.0847 e. The summed E-state index contributed by atoms with van der Waals surface area (Å²) < 4.78 is 1.90. The molecular weight excluding hydrogens is 275 g/mol. The van der Waals surface area contributed by atoms with Crippen molar-refractivity contribution < 1.29 is 0 Å². The Balaban J connectivity index is 2.88. The number of aromatic nitrogens is 2. The van der Waals surface area contributed by atoms with E-state index in [1.807, 2.05) is 18.7 Å². The van der Waals surface area contributed by atoms with Crippen molar-refractivity contribution >= 4 is 27.5 Å². The Morgan fingerprint density at radius 1 is 1.47 bits per heavy atom. The normalized spacial score (nSPS) is 13.5. The summed E-state index contributed by atoms with van der Waals surface area (Å²) in [6.45, 7) is 6.43. The van der Waals surface area contributed by atoms with Crippen LogP contribution in [0.1, 0.15) is 25.2 Å². The smallest absolute Gasteiger partial charge is 0.0847 e. The summed E-state index contributed by atoms with van der Waals surface area (Å²) in [5.41, 5.74) is 2.07. The van der Waals surface area contributed by atoms with Crippen LogP contribution in [0, 0.1) is 18.8 Å². The van der Waals surface area contributed by atoms with Gasteiger partial charge in [-0.1, -0.05) is 41.4 Å². The van der Waals surface area contributed by atoms with Gasteiger partial charge in [0.25, 0.3) is 0 Å². The van der Waals surface area contributed by atoms with Crippen molar-refractivity contribution in [1.29, 1.82) is 0 Å². The zero-order chi connectivity index (χ0) is 11.6. The Labute approximate surface area is 105 Å².